The number of carbonyl (C=O) groups is 1. The van der Waals surface area contributed by atoms with Crippen molar-refractivity contribution >= 4 is 11.8 Å². The number of anilines is 1. The number of benzene rings is 1. The summed E-state index contributed by atoms with van der Waals surface area (Å²) in [5.41, 5.74) is 0.667. The van der Waals surface area contributed by atoms with Crippen LogP contribution in [-0.2, 0) is 28.4 Å². The first-order chi connectivity index (χ1) is 18.0. The number of unbranched alkanes of at least 4 members (excludes halogenated alkanes) is 8. The molecule has 0 bridgehead atoms. The molecule has 1 aromatic rings. The highest BCUT2D eigenvalue weighted by Gasteiger charge is 2.56. The largest absolute Gasteiger partial charge is 0.446 e. The van der Waals surface area contributed by atoms with E-state index < -0.39 is 24.3 Å². The predicted octanol–water partition coefficient (Wildman–Crippen LogP) is 6.43. The highest BCUT2D eigenvalue weighted by molar-refractivity contribution is 5.84. The van der Waals surface area contributed by atoms with Crippen molar-refractivity contribution in [3.63, 3.8) is 0 Å². The van der Waals surface area contributed by atoms with Crippen molar-refractivity contribution in [2.75, 3.05) is 31.7 Å². The van der Waals surface area contributed by atoms with Crippen molar-refractivity contribution in [1.82, 2.24) is 0 Å². The molecule has 8 nitrogen and oxygen atoms in total. The molecule has 3 rings (SSSR count). The topological polar surface area (TPSA) is 84.5 Å². The first-order valence-corrected chi connectivity index (χ1v) is 14.2. The molecule has 2 aliphatic heterocycles. The number of ether oxygens (including phenoxy) is 6. The highest BCUT2D eigenvalue weighted by Crippen LogP contribution is 2.39. The van der Waals surface area contributed by atoms with Crippen molar-refractivity contribution in [3.8, 4) is 0 Å². The molecular formula is C29H47NO7. The van der Waals surface area contributed by atoms with Gasteiger partial charge in [-0.3, -0.25) is 5.32 Å². The molecule has 37 heavy (non-hydrogen) atoms. The number of carbonyl (C=O) groups excluding carboxylic acids is 1. The lowest BCUT2D eigenvalue weighted by molar-refractivity contribution is -0.236. The third-order valence-corrected chi connectivity index (χ3v) is 6.61. The third kappa shape index (κ3) is 10.9. The lowest BCUT2D eigenvalue weighted by Gasteiger charge is -2.24. The molecule has 0 radical (unpaired) electrons. The van der Waals surface area contributed by atoms with E-state index in [9.17, 15) is 4.79 Å². The Morgan fingerprint density at radius 1 is 0.865 bits per heavy atom. The van der Waals surface area contributed by atoms with E-state index in [1.165, 1.54) is 51.4 Å². The zero-order valence-electron chi connectivity index (χ0n) is 23.0. The molecule has 0 unspecified atom stereocenters. The first-order valence-electron chi connectivity index (χ1n) is 14.2. The van der Waals surface area contributed by atoms with Gasteiger partial charge in [-0.1, -0.05) is 76.5 Å². The zero-order valence-corrected chi connectivity index (χ0v) is 23.0. The monoisotopic (exact) mass is 521 g/mol. The fourth-order valence-electron chi connectivity index (χ4n) is 4.72. The van der Waals surface area contributed by atoms with E-state index in [1.54, 1.807) is 12.1 Å². The van der Waals surface area contributed by atoms with Crippen LogP contribution in [0.3, 0.4) is 0 Å². The molecule has 1 aromatic carbocycles. The second-order valence-corrected chi connectivity index (χ2v) is 10.4. The van der Waals surface area contributed by atoms with Crippen molar-refractivity contribution in [2.24, 2.45) is 0 Å². The second-order valence-electron chi connectivity index (χ2n) is 10.4. The molecule has 0 aliphatic carbocycles. The minimum absolute atomic E-state index is 0.0426. The average molecular weight is 522 g/mol. The van der Waals surface area contributed by atoms with E-state index >= 15 is 0 Å². The number of fused-ring (bicyclic) bond motifs is 1. The van der Waals surface area contributed by atoms with Gasteiger partial charge in [-0.2, -0.15) is 0 Å². The average Bonchev–Trinajstić information content (AvgIpc) is 3.36. The third-order valence-electron chi connectivity index (χ3n) is 6.61. The van der Waals surface area contributed by atoms with Gasteiger partial charge in [0.1, 0.15) is 24.9 Å². The van der Waals surface area contributed by atoms with Crippen LogP contribution in [0.4, 0.5) is 10.5 Å². The summed E-state index contributed by atoms with van der Waals surface area (Å²) in [6.07, 6.45) is 10.2. The van der Waals surface area contributed by atoms with E-state index in [0.717, 1.165) is 19.4 Å². The summed E-state index contributed by atoms with van der Waals surface area (Å²) < 4.78 is 35.2. The smallest absolute Gasteiger partial charge is 0.411 e. The van der Waals surface area contributed by atoms with Crippen LogP contribution in [0.2, 0.25) is 0 Å². The van der Waals surface area contributed by atoms with Gasteiger partial charge in [-0.15, -0.1) is 0 Å². The van der Waals surface area contributed by atoms with E-state index in [-0.39, 0.29) is 18.8 Å². The lowest BCUT2D eigenvalue weighted by Crippen LogP contribution is -2.34. The van der Waals surface area contributed by atoms with Gasteiger partial charge in [-0.05, 0) is 38.8 Å². The molecule has 1 N–H and O–H groups in total. The normalized spacial score (nSPS) is 24.2. The molecule has 2 heterocycles. The van der Waals surface area contributed by atoms with E-state index in [4.69, 9.17) is 28.4 Å². The fourth-order valence-corrected chi connectivity index (χ4v) is 4.72. The Hall–Kier alpha value is -1.71. The van der Waals surface area contributed by atoms with Gasteiger partial charge in [0, 0.05) is 18.9 Å². The van der Waals surface area contributed by atoms with E-state index in [2.05, 4.69) is 12.2 Å². The zero-order chi connectivity index (χ0) is 26.3. The molecule has 0 saturated carbocycles. The van der Waals surface area contributed by atoms with Crippen LogP contribution in [0, 0.1) is 0 Å². The summed E-state index contributed by atoms with van der Waals surface area (Å²) in [6.45, 7) is 7.99. The summed E-state index contributed by atoms with van der Waals surface area (Å²) >= 11 is 0. The first kappa shape index (κ1) is 29.8. The highest BCUT2D eigenvalue weighted by atomic mass is 16.8. The van der Waals surface area contributed by atoms with Crippen LogP contribution in [-0.4, -0.2) is 62.9 Å². The molecule has 0 spiro atoms. The molecule has 210 valence electrons. The van der Waals surface area contributed by atoms with Crippen LogP contribution in [0.15, 0.2) is 30.3 Å². The Morgan fingerprint density at radius 2 is 1.51 bits per heavy atom. The van der Waals surface area contributed by atoms with Crippen LogP contribution >= 0.6 is 0 Å². The van der Waals surface area contributed by atoms with Gasteiger partial charge in [0.25, 0.3) is 0 Å². The molecule has 8 heteroatoms. The maximum Gasteiger partial charge on any atom is 0.411 e. The molecule has 0 aromatic heterocycles. The van der Waals surface area contributed by atoms with E-state index in [1.807, 2.05) is 32.0 Å². The Kier molecular flexibility index (Phi) is 13.1. The summed E-state index contributed by atoms with van der Waals surface area (Å²) in [4.78, 5) is 12.2. The van der Waals surface area contributed by atoms with Crippen molar-refractivity contribution in [2.45, 2.75) is 115 Å². The van der Waals surface area contributed by atoms with Crippen molar-refractivity contribution in [3.05, 3.63) is 30.3 Å². The minimum atomic E-state index is -0.746. The summed E-state index contributed by atoms with van der Waals surface area (Å²) in [7, 11) is 0. The molecule has 4 atom stereocenters. The van der Waals surface area contributed by atoms with Gasteiger partial charge >= 0.3 is 6.09 Å². The SMILES string of the molecule is CCCCCCCCCCCOCCCO[C@@H]1O[C@H](COC(=O)Nc2ccccc2)[C@@H]2OC(C)(C)O[C@H]12. The molecular weight excluding hydrogens is 474 g/mol. The number of hydrogen-bond donors (Lipinski definition) is 1. The van der Waals surface area contributed by atoms with Crippen LogP contribution < -0.4 is 5.32 Å². The lowest BCUT2D eigenvalue weighted by atomic mass is 10.1. The van der Waals surface area contributed by atoms with Gasteiger partial charge in [0.15, 0.2) is 12.1 Å². The number of rotatable bonds is 18. The van der Waals surface area contributed by atoms with Crippen LogP contribution in [0.5, 0.6) is 0 Å². The number of nitrogens with one attached hydrogen (secondary N) is 1. The number of amides is 1. The fraction of sp³-hybridized carbons (Fsp3) is 0.759. The standard InChI is InChI=1S/C29H47NO7/c1-4-5-6-7-8-9-10-11-15-19-32-20-16-21-33-27-26-25(36-29(2,3)37-26)24(35-27)22-34-28(31)30-23-17-13-12-14-18-23/h12-14,17-18,24-27H,4-11,15-16,19-22H2,1-3H3,(H,30,31)/t24-,25+,26+,27-/m1/s1. The van der Waals surface area contributed by atoms with Crippen molar-refractivity contribution < 1.29 is 33.2 Å². The Balaban J connectivity index is 1.26. The predicted molar refractivity (Wildman–Crippen MR) is 143 cm³/mol. The Labute approximate surface area is 222 Å². The van der Waals surface area contributed by atoms with Crippen LogP contribution in [0.1, 0.15) is 85.0 Å². The summed E-state index contributed by atoms with van der Waals surface area (Å²) in [5, 5.41) is 2.70. The molecule has 2 saturated heterocycles. The maximum atomic E-state index is 12.2. The van der Waals surface area contributed by atoms with Crippen molar-refractivity contribution in [1.29, 1.82) is 0 Å². The second kappa shape index (κ2) is 16.3. The Morgan fingerprint density at radius 3 is 2.24 bits per heavy atom. The molecule has 1 amide bonds. The maximum absolute atomic E-state index is 12.2. The minimum Gasteiger partial charge on any atom is -0.446 e. The summed E-state index contributed by atoms with van der Waals surface area (Å²) in [6, 6.07) is 9.16. The Bertz CT molecular complexity index is 760. The number of hydrogen-bond acceptors (Lipinski definition) is 7. The van der Waals surface area contributed by atoms with Crippen LogP contribution in [0.25, 0.3) is 0 Å². The van der Waals surface area contributed by atoms with Gasteiger partial charge in [0.05, 0.1) is 6.61 Å². The number of para-hydroxylation sites is 1. The quantitative estimate of drug-likeness (QED) is 0.223. The van der Waals surface area contributed by atoms with Gasteiger partial charge in [0.2, 0.25) is 0 Å². The van der Waals surface area contributed by atoms with Gasteiger partial charge < -0.3 is 28.4 Å². The summed E-state index contributed by atoms with van der Waals surface area (Å²) in [5.74, 6) is -0.746. The van der Waals surface area contributed by atoms with E-state index in [0.29, 0.717) is 18.9 Å². The van der Waals surface area contributed by atoms with Gasteiger partial charge in [-0.25, -0.2) is 4.79 Å². The molecule has 2 fully saturated rings. The molecule has 2 aliphatic rings.